The number of benzene rings is 1. The SMILES string of the molecule is CC(C)(C)NC(=O)C1N(C(=O)C(C)(C)Br)c2c(Cl)cc(Cl)cc2C1(C)C. The van der Waals surface area contributed by atoms with Crippen molar-refractivity contribution in [2.45, 2.75) is 69.8 Å². The van der Waals surface area contributed by atoms with Crippen molar-refractivity contribution in [2.24, 2.45) is 0 Å². The maximum atomic E-state index is 13.2. The number of fused-ring (bicyclic) bond motifs is 1. The molecule has 0 bridgehead atoms. The Hall–Kier alpha value is -0.780. The third-order valence-corrected chi connectivity index (χ3v) is 5.22. The predicted octanol–water partition coefficient (Wildman–Crippen LogP) is 5.07. The summed E-state index contributed by atoms with van der Waals surface area (Å²) in [5, 5.41) is 3.83. The smallest absolute Gasteiger partial charge is 0.244 e. The van der Waals surface area contributed by atoms with E-state index in [2.05, 4.69) is 21.2 Å². The van der Waals surface area contributed by atoms with Crippen LogP contribution in [0.1, 0.15) is 54.0 Å². The van der Waals surface area contributed by atoms with Crippen LogP contribution in [0.15, 0.2) is 12.1 Å². The standard InChI is InChI=1S/C19H25BrCl2N2O2/c1-17(2,3)23-15(25)14-18(4,5)11-8-10(21)9-12(22)13(11)24(14)16(26)19(6,7)20/h8-9,14H,1-7H3,(H,23,25). The van der Waals surface area contributed by atoms with Gasteiger partial charge in [0.25, 0.3) is 0 Å². The molecule has 2 amide bonds. The van der Waals surface area contributed by atoms with Crippen LogP contribution in [0.3, 0.4) is 0 Å². The number of amides is 2. The van der Waals surface area contributed by atoms with Crippen molar-refractivity contribution in [1.82, 2.24) is 5.32 Å². The van der Waals surface area contributed by atoms with Crippen molar-refractivity contribution >= 4 is 56.6 Å². The zero-order valence-corrected chi connectivity index (χ0v) is 19.2. The van der Waals surface area contributed by atoms with E-state index >= 15 is 0 Å². The first-order valence-electron chi connectivity index (χ1n) is 8.41. The molecule has 0 fully saturated rings. The number of rotatable bonds is 2. The summed E-state index contributed by atoms with van der Waals surface area (Å²) in [5.41, 5.74) is 0.247. The summed E-state index contributed by atoms with van der Waals surface area (Å²) in [6.45, 7) is 13.1. The van der Waals surface area contributed by atoms with Crippen molar-refractivity contribution in [3.8, 4) is 0 Å². The van der Waals surface area contributed by atoms with E-state index in [1.807, 2.05) is 34.6 Å². The van der Waals surface area contributed by atoms with E-state index in [4.69, 9.17) is 23.2 Å². The molecular weight excluding hydrogens is 439 g/mol. The highest BCUT2D eigenvalue weighted by Crippen LogP contribution is 2.51. The van der Waals surface area contributed by atoms with Gasteiger partial charge in [-0.3, -0.25) is 14.5 Å². The first-order chi connectivity index (χ1) is 11.6. The van der Waals surface area contributed by atoms with Gasteiger partial charge in [-0.25, -0.2) is 0 Å². The van der Waals surface area contributed by atoms with Gasteiger partial charge in [0.05, 0.1) is 15.0 Å². The minimum atomic E-state index is -0.853. The predicted molar refractivity (Wildman–Crippen MR) is 112 cm³/mol. The number of hydrogen-bond acceptors (Lipinski definition) is 2. The Morgan fingerprint density at radius 1 is 1.15 bits per heavy atom. The molecule has 1 aromatic rings. The summed E-state index contributed by atoms with van der Waals surface area (Å²) in [7, 11) is 0. The van der Waals surface area contributed by atoms with E-state index < -0.39 is 21.3 Å². The molecule has 1 N–H and O–H groups in total. The van der Waals surface area contributed by atoms with Gasteiger partial charge in [-0.1, -0.05) is 53.0 Å². The van der Waals surface area contributed by atoms with Crippen LogP contribution >= 0.6 is 39.1 Å². The van der Waals surface area contributed by atoms with Crippen LogP contribution in [0.5, 0.6) is 0 Å². The van der Waals surface area contributed by atoms with E-state index in [1.54, 1.807) is 26.0 Å². The monoisotopic (exact) mass is 462 g/mol. The van der Waals surface area contributed by atoms with Crippen LogP contribution in [0, 0.1) is 0 Å². The summed E-state index contributed by atoms with van der Waals surface area (Å²) in [6, 6.07) is 2.65. The van der Waals surface area contributed by atoms with Gasteiger partial charge in [0.2, 0.25) is 11.8 Å². The summed E-state index contributed by atoms with van der Waals surface area (Å²) in [6.07, 6.45) is 0. The van der Waals surface area contributed by atoms with Crippen LogP contribution in [0.25, 0.3) is 0 Å². The second kappa shape index (κ2) is 6.68. The third-order valence-electron chi connectivity index (χ3n) is 4.38. The van der Waals surface area contributed by atoms with Crippen LogP contribution < -0.4 is 10.2 Å². The number of halogens is 3. The van der Waals surface area contributed by atoms with Crippen LogP contribution in [-0.4, -0.2) is 27.7 Å². The highest BCUT2D eigenvalue weighted by Gasteiger charge is 2.54. The van der Waals surface area contributed by atoms with Crippen molar-refractivity contribution in [3.05, 3.63) is 27.7 Å². The molecule has 0 spiro atoms. The minimum Gasteiger partial charge on any atom is -0.350 e. The number of hydrogen-bond donors (Lipinski definition) is 1. The van der Waals surface area contributed by atoms with Gasteiger partial charge in [0.15, 0.2) is 0 Å². The number of nitrogens with zero attached hydrogens (tertiary/aromatic N) is 1. The fourth-order valence-electron chi connectivity index (χ4n) is 3.29. The Kier molecular flexibility index (Phi) is 5.53. The Morgan fingerprint density at radius 2 is 1.69 bits per heavy atom. The summed E-state index contributed by atoms with van der Waals surface area (Å²) in [4.78, 5) is 27.9. The first-order valence-corrected chi connectivity index (χ1v) is 9.96. The van der Waals surface area contributed by atoms with Crippen molar-refractivity contribution in [2.75, 3.05) is 4.90 Å². The number of anilines is 1. The van der Waals surface area contributed by atoms with Crippen LogP contribution in [-0.2, 0) is 15.0 Å². The fourth-order valence-corrected chi connectivity index (χ4v) is 4.06. The molecule has 26 heavy (non-hydrogen) atoms. The zero-order chi connectivity index (χ0) is 20.2. The Bertz CT molecular complexity index is 764. The number of carbonyl (C=O) groups excluding carboxylic acids is 2. The van der Waals surface area contributed by atoms with Gasteiger partial charge in [-0.05, 0) is 52.3 Å². The average molecular weight is 464 g/mol. The highest BCUT2D eigenvalue weighted by atomic mass is 79.9. The average Bonchev–Trinajstić information content (AvgIpc) is 2.63. The number of carbonyl (C=O) groups is 2. The van der Waals surface area contributed by atoms with Gasteiger partial charge in [0.1, 0.15) is 6.04 Å². The number of alkyl halides is 1. The number of nitrogens with one attached hydrogen (secondary N) is 1. The Balaban J connectivity index is 2.71. The highest BCUT2D eigenvalue weighted by molar-refractivity contribution is 9.10. The molecule has 7 heteroatoms. The van der Waals surface area contributed by atoms with Gasteiger partial charge < -0.3 is 5.32 Å². The molecule has 0 radical (unpaired) electrons. The summed E-state index contributed by atoms with van der Waals surface area (Å²) >= 11 is 16.1. The lowest BCUT2D eigenvalue weighted by Crippen LogP contribution is -2.59. The third kappa shape index (κ3) is 3.90. The summed E-state index contributed by atoms with van der Waals surface area (Å²) in [5.74, 6) is -0.460. The molecule has 1 heterocycles. The Labute approximate surface area is 173 Å². The molecule has 1 aliphatic rings. The van der Waals surface area contributed by atoms with Gasteiger partial charge in [-0.2, -0.15) is 0 Å². The molecule has 0 saturated carbocycles. The second-order valence-corrected chi connectivity index (χ2v) is 11.6. The second-order valence-electron chi connectivity index (χ2n) is 8.79. The topological polar surface area (TPSA) is 49.4 Å². The lowest BCUT2D eigenvalue weighted by molar-refractivity contribution is -0.128. The quantitative estimate of drug-likeness (QED) is 0.622. The lowest BCUT2D eigenvalue weighted by atomic mass is 9.79. The Morgan fingerprint density at radius 3 is 2.15 bits per heavy atom. The van der Waals surface area contributed by atoms with Gasteiger partial charge >= 0.3 is 0 Å². The van der Waals surface area contributed by atoms with E-state index in [1.165, 1.54) is 4.90 Å². The summed E-state index contributed by atoms with van der Waals surface area (Å²) < 4.78 is -0.853. The lowest BCUT2D eigenvalue weighted by Gasteiger charge is -2.36. The molecule has 1 aliphatic heterocycles. The molecule has 0 aromatic heterocycles. The van der Waals surface area contributed by atoms with Gasteiger partial charge in [0, 0.05) is 16.0 Å². The van der Waals surface area contributed by atoms with Crippen molar-refractivity contribution in [3.63, 3.8) is 0 Å². The largest absolute Gasteiger partial charge is 0.350 e. The molecular formula is C19H25BrCl2N2O2. The maximum absolute atomic E-state index is 13.2. The first kappa shape index (κ1) is 21.5. The van der Waals surface area contributed by atoms with Crippen LogP contribution in [0.2, 0.25) is 10.0 Å². The van der Waals surface area contributed by atoms with E-state index in [0.29, 0.717) is 15.7 Å². The van der Waals surface area contributed by atoms with E-state index in [9.17, 15) is 9.59 Å². The molecule has 0 aliphatic carbocycles. The molecule has 1 unspecified atom stereocenters. The molecule has 1 atom stereocenters. The van der Waals surface area contributed by atoms with E-state index in [0.717, 1.165) is 5.56 Å². The maximum Gasteiger partial charge on any atom is 0.244 e. The molecule has 0 saturated heterocycles. The van der Waals surface area contributed by atoms with Crippen molar-refractivity contribution < 1.29 is 9.59 Å². The molecule has 144 valence electrons. The zero-order valence-electron chi connectivity index (χ0n) is 16.1. The minimum absolute atomic E-state index is 0.226. The molecule has 1 aromatic carbocycles. The molecule has 2 rings (SSSR count). The van der Waals surface area contributed by atoms with E-state index in [-0.39, 0.29) is 11.8 Å². The fraction of sp³-hybridized carbons (Fsp3) is 0.579. The van der Waals surface area contributed by atoms with Crippen LogP contribution in [0.4, 0.5) is 5.69 Å². The normalized spacial score (nSPS) is 19.3. The van der Waals surface area contributed by atoms with Gasteiger partial charge in [-0.15, -0.1) is 0 Å². The molecule has 4 nitrogen and oxygen atoms in total. The van der Waals surface area contributed by atoms with Crippen molar-refractivity contribution in [1.29, 1.82) is 0 Å².